The van der Waals surface area contributed by atoms with Gasteiger partial charge in [-0.05, 0) is 23.4 Å². The number of nitrogens with zero attached hydrogens (tertiary/aromatic N) is 1. The minimum Gasteiger partial charge on any atom is -0.297 e. The van der Waals surface area contributed by atoms with Crippen molar-refractivity contribution in [3.05, 3.63) is 78.4 Å². The molecule has 1 saturated heterocycles. The lowest BCUT2D eigenvalue weighted by Crippen LogP contribution is -2.37. The SMILES string of the molecule is O=S(=O)(NC1CCN(Cc2ccccc2)C1)c1cccc2ccccc12. The molecule has 5 heteroatoms. The molecule has 0 aromatic heterocycles. The molecule has 1 N–H and O–H groups in total. The summed E-state index contributed by atoms with van der Waals surface area (Å²) in [4.78, 5) is 2.66. The third kappa shape index (κ3) is 3.65. The predicted molar refractivity (Wildman–Crippen MR) is 104 cm³/mol. The van der Waals surface area contributed by atoms with Crippen molar-refractivity contribution in [3.63, 3.8) is 0 Å². The van der Waals surface area contributed by atoms with Crippen LogP contribution in [-0.2, 0) is 16.6 Å². The van der Waals surface area contributed by atoms with Gasteiger partial charge in [0.2, 0.25) is 10.0 Å². The topological polar surface area (TPSA) is 49.4 Å². The Morgan fingerprint density at radius 1 is 0.923 bits per heavy atom. The van der Waals surface area contributed by atoms with Gasteiger partial charge < -0.3 is 0 Å². The van der Waals surface area contributed by atoms with E-state index >= 15 is 0 Å². The van der Waals surface area contributed by atoms with Crippen LogP contribution < -0.4 is 4.72 Å². The smallest absolute Gasteiger partial charge is 0.241 e. The Balaban J connectivity index is 1.48. The molecule has 3 aromatic carbocycles. The standard InChI is InChI=1S/C21H22N2O2S/c24-26(25,21-12-6-10-18-9-4-5-11-20(18)21)22-19-13-14-23(16-19)15-17-7-2-1-3-8-17/h1-12,19,22H,13-16H2. The van der Waals surface area contributed by atoms with Gasteiger partial charge in [0.15, 0.2) is 0 Å². The van der Waals surface area contributed by atoms with Crippen molar-refractivity contribution in [3.8, 4) is 0 Å². The number of sulfonamides is 1. The van der Waals surface area contributed by atoms with Crippen LogP contribution >= 0.6 is 0 Å². The van der Waals surface area contributed by atoms with Crippen molar-refractivity contribution in [2.75, 3.05) is 13.1 Å². The number of nitrogens with one attached hydrogen (secondary N) is 1. The molecule has 1 unspecified atom stereocenters. The molecule has 0 bridgehead atoms. The molecular weight excluding hydrogens is 344 g/mol. The molecule has 0 saturated carbocycles. The Bertz CT molecular complexity index is 997. The summed E-state index contributed by atoms with van der Waals surface area (Å²) in [6.45, 7) is 2.49. The average molecular weight is 366 g/mol. The van der Waals surface area contributed by atoms with Crippen LogP contribution in [0.2, 0.25) is 0 Å². The number of rotatable bonds is 5. The van der Waals surface area contributed by atoms with E-state index in [-0.39, 0.29) is 6.04 Å². The Hall–Kier alpha value is -2.21. The second-order valence-corrected chi connectivity index (χ2v) is 8.49. The first-order valence-electron chi connectivity index (χ1n) is 8.88. The van der Waals surface area contributed by atoms with Crippen LogP contribution in [0.3, 0.4) is 0 Å². The molecule has 26 heavy (non-hydrogen) atoms. The number of benzene rings is 3. The highest BCUT2D eigenvalue weighted by molar-refractivity contribution is 7.89. The van der Waals surface area contributed by atoms with Crippen molar-refractivity contribution >= 4 is 20.8 Å². The van der Waals surface area contributed by atoms with Crippen LogP contribution in [0.5, 0.6) is 0 Å². The lowest BCUT2D eigenvalue weighted by atomic mass is 10.1. The van der Waals surface area contributed by atoms with E-state index in [9.17, 15) is 8.42 Å². The fourth-order valence-electron chi connectivity index (χ4n) is 3.63. The van der Waals surface area contributed by atoms with Crippen molar-refractivity contribution in [1.82, 2.24) is 9.62 Å². The molecule has 0 spiro atoms. The first-order valence-corrected chi connectivity index (χ1v) is 10.4. The van der Waals surface area contributed by atoms with Gasteiger partial charge in [-0.2, -0.15) is 0 Å². The lowest BCUT2D eigenvalue weighted by Gasteiger charge is -2.17. The Kier molecular flexibility index (Phi) is 4.76. The van der Waals surface area contributed by atoms with Gasteiger partial charge in [0.25, 0.3) is 0 Å². The van der Waals surface area contributed by atoms with Gasteiger partial charge in [0.1, 0.15) is 0 Å². The van der Waals surface area contributed by atoms with Gasteiger partial charge in [-0.15, -0.1) is 0 Å². The molecule has 0 radical (unpaired) electrons. The second-order valence-electron chi connectivity index (χ2n) is 6.80. The van der Waals surface area contributed by atoms with Crippen LogP contribution in [0, 0.1) is 0 Å². The van der Waals surface area contributed by atoms with Gasteiger partial charge in [-0.1, -0.05) is 66.7 Å². The molecule has 1 aliphatic heterocycles. The van der Waals surface area contributed by atoms with Gasteiger partial charge in [-0.25, -0.2) is 13.1 Å². The van der Waals surface area contributed by atoms with Crippen molar-refractivity contribution in [2.45, 2.75) is 23.9 Å². The molecule has 0 aliphatic carbocycles. The second kappa shape index (κ2) is 7.19. The van der Waals surface area contributed by atoms with Gasteiger partial charge in [0, 0.05) is 31.1 Å². The maximum atomic E-state index is 12.9. The van der Waals surface area contributed by atoms with Gasteiger partial charge in [0.05, 0.1) is 4.90 Å². The number of hydrogen-bond donors (Lipinski definition) is 1. The molecular formula is C21H22N2O2S. The summed E-state index contributed by atoms with van der Waals surface area (Å²) in [5, 5.41) is 1.70. The highest BCUT2D eigenvalue weighted by Gasteiger charge is 2.28. The summed E-state index contributed by atoms with van der Waals surface area (Å²) >= 11 is 0. The highest BCUT2D eigenvalue weighted by atomic mass is 32.2. The molecule has 4 rings (SSSR count). The summed E-state index contributed by atoms with van der Waals surface area (Å²) in [6, 6.07) is 23.2. The molecule has 1 atom stereocenters. The largest absolute Gasteiger partial charge is 0.297 e. The summed E-state index contributed by atoms with van der Waals surface area (Å²) in [7, 11) is -3.54. The summed E-state index contributed by atoms with van der Waals surface area (Å²) < 4.78 is 28.8. The first kappa shape index (κ1) is 17.2. The number of likely N-dealkylation sites (tertiary alicyclic amines) is 1. The van der Waals surface area contributed by atoms with E-state index in [0.29, 0.717) is 4.90 Å². The highest BCUT2D eigenvalue weighted by Crippen LogP contribution is 2.24. The van der Waals surface area contributed by atoms with E-state index in [1.165, 1.54) is 5.56 Å². The van der Waals surface area contributed by atoms with Crippen molar-refractivity contribution in [2.24, 2.45) is 0 Å². The summed E-state index contributed by atoms with van der Waals surface area (Å²) in [6.07, 6.45) is 0.830. The Morgan fingerprint density at radius 3 is 2.50 bits per heavy atom. The third-order valence-corrected chi connectivity index (χ3v) is 6.46. The maximum absolute atomic E-state index is 12.9. The van der Waals surface area contributed by atoms with Crippen molar-refractivity contribution in [1.29, 1.82) is 0 Å². The first-order chi connectivity index (χ1) is 12.6. The van der Waals surface area contributed by atoms with E-state index in [1.54, 1.807) is 12.1 Å². The molecule has 1 aliphatic rings. The Labute approximate surface area is 154 Å². The molecule has 134 valence electrons. The monoisotopic (exact) mass is 366 g/mol. The van der Waals surface area contributed by atoms with E-state index in [1.807, 2.05) is 48.5 Å². The maximum Gasteiger partial charge on any atom is 0.241 e. The number of hydrogen-bond acceptors (Lipinski definition) is 3. The normalized spacial score (nSPS) is 18.4. The zero-order valence-electron chi connectivity index (χ0n) is 14.5. The van der Waals surface area contributed by atoms with Gasteiger partial charge >= 0.3 is 0 Å². The molecule has 3 aromatic rings. The molecule has 1 heterocycles. The lowest BCUT2D eigenvalue weighted by molar-refractivity contribution is 0.324. The predicted octanol–water partition coefficient (Wildman–Crippen LogP) is 3.39. The van der Waals surface area contributed by atoms with E-state index in [0.717, 1.165) is 36.8 Å². The van der Waals surface area contributed by atoms with Crippen LogP contribution in [0.4, 0.5) is 0 Å². The van der Waals surface area contributed by atoms with Crippen LogP contribution in [0.25, 0.3) is 10.8 Å². The zero-order valence-corrected chi connectivity index (χ0v) is 15.3. The van der Waals surface area contributed by atoms with Crippen LogP contribution in [0.15, 0.2) is 77.7 Å². The molecule has 0 amide bonds. The van der Waals surface area contributed by atoms with Gasteiger partial charge in [-0.3, -0.25) is 4.90 Å². The Morgan fingerprint density at radius 2 is 1.65 bits per heavy atom. The number of fused-ring (bicyclic) bond motifs is 1. The molecule has 1 fully saturated rings. The zero-order chi connectivity index (χ0) is 18.0. The third-order valence-electron chi connectivity index (χ3n) is 4.88. The van der Waals surface area contributed by atoms with Crippen molar-refractivity contribution < 1.29 is 8.42 Å². The fraction of sp³-hybridized carbons (Fsp3) is 0.238. The van der Waals surface area contributed by atoms with E-state index < -0.39 is 10.0 Å². The van der Waals surface area contributed by atoms with E-state index in [2.05, 4.69) is 21.8 Å². The minimum absolute atomic E-state index is 0.0531. The summed E-state index contributed by atoms with van der Waals surface area (Å²) in [5.41, 5.74) is 1.25. The van der Waals surface area contributed by atoms with Crippen LogP contribution in [0.1, 0.15) is 12.0 Å². The van der Waals surface area contributed by atoms with E-state index in [4.69, 9.17) is 0 Å². The summed E-state index contributed by atoms with van der Waals surface area (Å²) in [5.74, 6) is 0. The minimum atomic E-state index is -3.54. The quantitative estimate of drug-likeness (QED) is 0.753. The molecule has 4 nitrogen and oxygen atoms in total. The fourth-order valence-corrected chi connectivity index (χ4v) is 5.12. The average Bonchev–Trinajstić information content (AvgIpc) is 3.08. The van der Waals surface area contributed by atoms with Crippen LogP contribution in [-0.4, -0.2) is 32.4 Å².